The molecule has 1 fully saturated rings. The van der Waals surface area contributed by atoms with E-state index in [1.807, 2.05) is 13.0 Å². The average Bonchev–Trinajstić information content (AvgIpc) is 2.15. The molecule has 0 amide bonds. The summed E-state index contributed by atoms with van der Waals surface area (Å²) in [5, 5.41) is 10.3. The molecule has 1 aliphatic heterocycles. The third-order valence-corrected chi connectivity index (χ3v) is 3.16. The number of aliphatic hydroxyl groups is 1. The number of nitrogen functional groups attached to an aromatic ring is 1. The molecular formula is C11H16ClN3O. The Morgan fingerprint density at radius 2 is 2.06 bits per heavy atom. The first-order chi connectivity index (χ1) is 7.46. The van der Waals surface area contributed by atoms with E-state index < -0.39 is 5.60 Å². The first kappa shape index (κ1) is 11.5. The molecule has 2 rings (SSSR count). The van der Waals surface area contributed by atoms with Gasteiger partial charge in [0.1, 0.15) is 11.0 Å². The number of piperidine rings is 1. The summed E-state index contributed by atoms with van der Waals surface area (Å²) in [6, 6.07) is 3.44. The Morgan fingerprint density at radius 1 is 1.44 bits per heavy atom. The molecule has 0 saturated carbocycles. The maximum atomic E-state index is 9.85. The Kier molecular flexibility index (Phi) is 2.95. The number of nitrogens with two attached hydrogens (primary N) is 1. The molecule has 2 heterocycles. The summed E-state index contributed by atoms with van der Waals surface area (Å²) in [6.45, 7) is 3.42. The van der Waals surface area contributed by atoms with Gasteiger partial charge in [-0.05, 0) is 25.8 Å². The Morgan fingerprint density at radius 3 is 2.62 bits per heavy atom. The van der Waals surface area contributed by atoms with Gasteiger partial charge in [0.2, 0.25) is 0 Å². The molecule has 0 aromatic carbocycles. The van der Waals surface area contributed by atoms with Crippen LogP contribution in [0.5, 0.6) is 0 Å². The summed E-state index contributed by atoms with van der Waals surface area (Å²) in [6.07, 6.45) is 1.47. The molecule has 4 nitrogen and oxygen atoms in total. The van der Waals surface area contributed by atoms with Crippen LogP contribution in [0.25, 0.3) is 0 Å². The fourth-order valence-corrected chi connectivity index (χ4v) is 2.09. The number of aromatic nitrogens is 1. The van der Waals surface area contributed by atoms with E-state index in [-0.39, 0.29) is 0 Å². The highest BCUT2D eigenvalue weighted by Crippen LogP contribution is 2.26. The Bertz CT molecular complexity index is 365. The number of anilines is 2. The molecule has 0 bridgehead atoms. The van der Waals surface area contributed by atoms with Crippen molar-refractivity contribution in [1.29, 1.82) is 0 Å². The Hall–Kier alpha value is -1.00. The largest absolute Gasteiger partial charge is 0.399 e. The predicted octanol–water partition coefficient (Wildman–Crippen LogP) is 1.67. The van der Waals surface area contributed by atoms with Crippen LogP contribution in [-0.4, -0.2) is 28.8 Å². The van der Waals surface area contributed by atoms with Crippen molar-refractivity contribution in [1.82, 2.24) is 4.98 Å². The van der Waals surface area contributed by atoms with Crippen molar-refractivity contribution in [2.75, 3.05) is 23.7 Å². The minimum absolute atomic E-state index is 0.410. The summed E-state index contributed by atoms with van der Waals surface area (Å²) < 4.78 is 0. The highest BCUT2D eigenvalue weighted by molar-refractivity contribution is 6.29. The summed E-state index contributed by atoms with van der Waals surface area (Å²) in [4.78, 5) is 6.33. The monoisotopic (exact) mass is 241 g/mol. The van der Waals surface area contributed by atoms with Crippen molar-refractivity contribution in [2.24, 2.45) is 0 Å². The molecule has 3 N–H and O–H groups in total. The van der Waals surface area contributed by atoms with Crippen LogP contribution >= 0.6 is 11.6 Å². The first-order valence-electron chi connectivity index (χ1n) is 5.37. The van der Waals surface area contributed by atoms with Gasteiger partial charge < -0.3 is 15.7 Å². The van der Waals surface area contributed by atoms with Gasteiger partial charge in [-0.3, -0.25) is 0 Å². The number of rotatable bonds is 1. The molecule has 1 saturated heterocycles. The molecule has 0 atom stereocenters. The van der Waals surface area contributed by atoms with Crippen LogP contribution in [0.3, 0.4) is 0 Å². The van der Waals surface area contributed by atoms with Crippen LogP contribution in [0, 0.1) is 0 Å². The van der Waals surface area contributed by atoms with E-state index >= 15 is 0 Å². The van der Waals surface area contributed by atoms with Crippen LogP contribution in [0.4, 0.5) is 11.5 Å². The number of hydrogen-bond donors (Lipinski definition) is 2. The first-order valence-corrected chi connectivity index (χ1v) is 5.74. The van der Waals surface area contributed by atoms with E-state index in [1.165, 1.54) is 0 Å². The lowest BCUT2D eigenvalue weighted by Crippen LogP contribution is -2.42. The summed E-state index contributed by atoms with van der Waals surface area (Å²) >= 11 is 5.86. The van der Waals surface area contributed by atoms with Gasteiger partial charge in [-0.15, -0.1) is 0 Å². The maximum absolute atomic E-state index is 9.85. The van der Waals surface area contributed by atoms with Gasteiger partial charge in [-0.1, -0.05) is 11.6 Å². The molecule has 0 unspecified atom stereocenters. The van der Waals surface area contributed by atoms with E-state index in [9.17, 15) is 5.11 Å². The van der Waals surface area contributed by atoms with Crippen molar-refractivity contribution in [2.45, 2.75) is 25.4 Å². The van der Waals surface area contributed by atoms with Gasteiger partial charge in [0.15, 0.2) is 0 Å². The van der Waals surface area contributed by atoms with Crippen molar-refractivity contribution < 1.29 is 5.11 Å². The lowest BCUT2D eigenvalue weighted by Gasteiger charge is -2.36. The highest BCUT2D eigenvalue weighted by Gasteiger charge is 2.27. The van der Waals surface area contributed by atoms with Gasteiger partial charge in [0, 0.05) is 24.8 Å². The number of hydrogen-bond acceptors (Lipinski definition) is 4. The molecule has 0 radical (unpaired) electrons. The van der Waals surface area contributed by atoms with Crippen LogP contribution in [-0.2, 0) is 0 Å². The SMILES string of the molecule is CC1(O)CCN(c2cc(N)cc(Cl)n2)CC1. The quantitative estimate of drug-likeness (QED) is 0.735. The van der Waals surface area contributed by atoms with E-state index in [2.05, 4.69) is 9.88 Å². The molecule has 1 aliphatic rings. The van der Waals surface area contributed by atoms with Crippen molar-refractivity contribution in [3.05, 3.63) is 17.3 Å². The third-order valence-electron chi connectivity index (χ3n) is 2.97. The number of halogens is 1. The van der Waals surface area contributed by atoms with Crippen molar-refractivity contribution >= 4 is 23.1 Å². The van der Waals surface area contributed by atoms with E-state index in [0.717, 1.165) is 31.7 Å². The molecular weight excluding hydrogens is 226 g/mol. The van der Waals surface area contributed by atoms with Crippen LogP contribution in [0.15, 0.2) is 12.1 Å². The molecule has 0 spiro atoms. The van der Waals surface area contributed by atoms with E-state index in [1.54, 1.807) is 6.07 Å². The zero-order chi connectivity index (χ0) is 11.8. The zero-order valence-corrected chi connectivity index (χ0v) is 10.0. The lowest BCUT2D eigenvalue weighted by atomic mass is 9.94. The molecule has 0 aliphatic carbocycles. The van der Waals surface area contributed by atoms with Gasteiger partial charge in [-0.2, -0.15) is 0 Å². The minimum atomic E-state index is -0.555. The summed E-state index contributed by atoms with van der Waals surface area (Å²) in [5.41, 5.74) is 5.78. The van der Waals surface area contributed by atoms with Gasteiger partial charge in [0.25, 0.3) is 0 Å². The average molecular weight is 242 g/mol. The maximum Gasteiger partial charge on any atom is 0.133 e. The van der Waals surface area contributed by atoms with Crippen LogP contribution < -0.4 is 10.6 Å². The summed E-state index contributed by atoms with van der Waals surface area (Å²) in [5.74, 6) is 0.792. The van der Waals surface area contributed by atoms with Crippen molar-refractivity contribution in [3.63, 3.8) is 0 Å². The standard InChI is InChI=1S/C11H16ClN3O/c1-11(16)2-4-15(5-3-11)10-7-8(13)6-9(12)14-10/h6-7,16H,2-5H2,1H3,(H2,13,14). The fraction of sp³-hybridized carbons (Fsp3) is 0.545. The predicted molar refractivity (Wildman–Crippen MR) is 65.7 cm³/mol. The Labute approximate surface area is 100 Å². The Balaban J connectivity index is 2.14. The highest BCUT2D eigenvalue weighted by atomic mass is 35.5. The molecule has 88 valence electrons. The van der Waals surface area contributed by atoms with Gasteiger partial charge in [0.05, 0.1) is 5.60 Å². The number of pyridine rings is 1. The smallest absolute Gasteiger partial charge is 0.133 e. The lowest BCUT2D eigenvalue weighted by molar-refractivity contribution is 0.0350. The van der Waals surface area contributed by atoms with Crippen molar-refractivity contribution in [3.8, 4) is 0 Å². The topological polar surface area (TPSA) is 62.4 Å². The van der Waals surface area contributed by atoms with E-state index in [4.69, 9.17) is 17.3 Å². The normalized spacial score (nSPS) is 19.8. The minimum Gasteiger partial charge on any atom is -0.399 e. The molecule has 16 heavy (non-hydrogen) atoms. The second-order valence-electron chi connectivity index (χ2n) is 4.57. The summed E-state index contributed by atoms with van der Waals surface area (Å²) in [7, 11) is 0. The van der Waals surface area contributed by atoms with Gasteiger partial charge in [-0.25, -0.2) is 4.98 Å². The fourth-order valence-electron chi connectivity index (χ4n) is 1.88. The second kappa shape index (κ2) is 4.11. The third kappa shape index (κ3) is 2.57. The zero-order valence-electron chi connectivity index (χ0n) is 9.28. The van der Waals surface area contributed by atoms with E-state index in [0.29, 0.717) is 10.8 Å². The molecule has 5 heteroatoms. The van der Waals surface area contributed by atoms with Crippen LogP contribution in [0.1, 0.15) is 19.8 Å². The molecule has 1 aromatic heterocycles. The second-order valence-corrected chi connectivity index (χ2v) is 4.95. The van der Waals surface area contributed by atoms with Crippen LogP contribution in [0.2, 0.25) is 5.15 Å². The van der Waals surface area contributed by atoms with Gasteiger partial charge >= 0.3 is 0 Å². The molecule has 1 aromatic rings. The number of nitrogens with zero attached hydrogens (tertiary/aromatic N) is 2.